The minimum Gasteiger partial charge on any atom is -0.466 e. The van der Waals surface area contributed by atoms with Gasteiger partial charge in [0, 0.05) is 13.0 Å². The lowest BCUT2D eigenvalue weighted by molar-refractivity contribution is -0.143. The molecule has 0 bridgehead atoms. The first-order valence-corrected chi connectivity index (χ1v) is 8.37. The molecule has 0 fully saturated rings. The number of hydrogen-bond donors (Lipinski definition) is 1. The van der Waals surface area contributed by atoms with Gasteiger partial charge in [-0.15, -0.1) is 0 Å². The van der Waals surface area contributed by atoms with Gasteiger partial charge in [-0.1, -0.05) is 19.1 Å². The number of carbonyl (C=O) groups is 1. The van der Waals surface area contributed by atoms with Gasteiger partial charge in [-0.3, -0.25) is 4.79 Å². The Bertz CT molecular complexity index is 540. The van der Waals surface area contributed by atoms with Gasteiger partial charge >= 0.3 is 5.97 Å². The number of ether oxygens (including phenoxy) is 1. The van der Waals surface area contributed by atoms with Gasteiger partial charge in [0.05, 0.1) is 22.9 Å². The van der Waals surface area contributed by atoms with E-state index in [1.54, 1.807) is 38.1 Å². The Labute approximate surface area is 120 Å². The Hall–Kier alpha value is -1.56. The van der Waals surface area contributed by atoms with Gasteiger partial charge in [-0.25, -0.2) is 8.42 Å². The second-order valence-electron chi connectivity index (χ2n) is 4.23. The highest BCUT2D eigenvalue weighted by molar-refractivity contribution is 7.91. The van der Waals surface area contributed by atoms with E-state index in [-0.39, 0.29) is 11.7 Å². The van der Waals surface area contributed by atoms with Crippen LogP contribution >= 0.6 is 0 Å². The topological polar surface area (TPSA) is 72.5 Å². The van der Waals surface area contributed by atoms with E-state index in [4.69, 9.17) is 4.74 Å². The molecule has 0 unspecified atom stereocenters. The molecule has 0 atom stereocenters. The van der Waals surface area contributed by atoms with Crippen molar-refractivity contribution in [2.75, 3.05) is 24.2 Å². The van der Waals surface area contributed by atoms with Gasteiger partial charge in [0.2, 0.25) is 0 Å². The maximum atomic E-state index is 11.9. The van der Waals surface area contributed by atoms with Crippen molar-refractivity contribution in [2.24, 2.45) is 0 Å². The molecule has 6 heteroatoms. The van der Waals surface area contributed by atoms with Gasteiger partial charge in [0.15, 0.2) is 9.84 Å². The summed E-state index contributed by atoms with van der Waals surface area (Å²) in [5, 5.41) is 3.06. The zero-order valence-electron chi connectivity index (χ0n) is 11.9. The summed E-state index contributed by atoms with van der Waals surface area (Å²) in [5.74, 6) is -0.169. The summed E-state index contributed by atoms with van der Waals surface area (Å²) < 4.78 is 28.7. The summed E-state index contributed by atoms with van der Waals surface area (Å²) >= 11 is 0. The fourth-order valence-electron chi connectivity index (χ4n) is 1.73. The van der Waals surface area contributed by atoms with Crippen molar-refractivity contribution < 1.29 is 17.9 Å². The van der Waals surface area contributed by atoms with Gasteiger partial charge in [-0.05, 0) is 25.5 Å². The van der Waals surface area contributed by atoms with E-state index in [1.165, 1.54) is 0 Å². The number of rotatable bonds is 8. The molecular weight excluding hydrogens is 278 g/mol. The molecule has 1 rings (SSSR count). The summed E-state index contributed by atoms with van der Waals surface area (Å²) in [4.78, 5) is 11.5. The molecule has 20 heavy (non-hydrogen) atoms. The number of esters is 1. The number of benzene rings is 1. The van der Waals surface area contributed by atoms with Gasteiger partial charge in [0.25, 0.3) is 0 Å². The zero-order valence-corrected chi connectivity index (χ0v) is 12.7. The number of anilines is 1. The third-order valence-electron chi connectivity index (χ3n) is 2.78. The van der Waals surface area contributed by atoms with E-state index in [0.717, 1.165) is 0 Å². The number of carbonyl (C=O) groups excluding carboxylic acids is 1. The maximum Gasteiger partial charge on any atom is 0.305 e. The van der Waals surface area contributed by atoms with Crippen LogP contribution in [0, 0.1) is 0 Å². The molecule has 0 aromatic heterocycles. The first-order valence-electron chi connectivity index (χ1n) is 6.72. The number of para-hydroxylation sites is 1. The average Bonchev–Trinajstić information content (AvgIpc) is 2.44. The van der Waals surface area contributed by atoms with Crippen LogP contribution in [0.3, 0.4) is 0 Å². The normalized spacial score (nSPS) is 11.1. The quantitative estimate of drug-likeness (QED) is 0.588. The monoisotopic (exact) mass is 299 g/mol. The lowest BCUT2D eigenvalue weighted by Gasteiger charge is -2.11. The van der Waals surface area contributed by atoms with Crippen LogP contribution in [0.2, 0.25) is 0 Å². The second kappa shape index (κ2) is 7.89. The number of sulfone groups is 1. The molecule has 0 heterocycles. The van der Waals surface area contributed by atoms with Crippen LogP contribution in [-0.4, -0.2) is 33.3 Å². The van der Waals surface area contributed by atoms with Gasteiger partial charge in [0.1, 0.15) is 0 Å². The lowest BCUT2D eigenvalue weighted by Crippen LogP contribution is -2.11. The zero-order chi connectivity index (χ0) is 15.0. The summed E-state index contributed by atoms with van der Waals surface area (Å²) in [6.45, 7) is 4.29. The van der Waals surface area contributed by atoms with Crippen molar-refractivity contribution >= 4 is 21.5 Å². The van der Waals surface area contributed by atoms with Crippen LogP contribution in [-0.2, 0) is 19.4 Å². The predicted octanol–water partition coefficient (Wildman–Crippen LogP) is 2.24. The summed E-state index contributed by atoms with van der Waals surface area (Å²) in [6.07, 6.45) is 0.920. The second-order valence-corrected chi connectivity index (χ2v) is 6.48. The summed E-state index contributed by atoms with van der Waals surface area (Å²) in [7, 11) is -3.25. The van der Waals surface area contributed by atoms with Crippen molar-refractivity contribution in [2.45, 2.75) is 31.6 Å². The van der Waals surface area contributed by atoms with Gasteiger partial charge < -0.3 is 10.1 Å². The molecule has 1 aromatic carbocycles. The smallest absolute Gasteiger partial charge is 0.305 e. The van der Waals surface area contributed by atoms with E-state index in [0.29, 0.717) is 36.6 Å². The highest BCUT2D eigenvalue weighted by Gasteiger charge is 2.15. The minimum absolute atomic E-state index is 0.0640. The van der Waals surface area contributed by atoms with Crippen molar-refractivity contribution in [1.29, 1.82) is 0 Å². The van der Waals surface area contributed by atoms with E-state index in [9.17, 15) is 13.2 Å². The molecule has 112 valence electrons. The maximum absolute atomic E-state index is 11.9. The molecule has 0 aliphatic carbocycles. The van der Waals surface area contributed by atoms with Crippen LogP contribution in [0.4, 0.5) is 5.69 Å². The predicted molar refractivity (Wildman–Crippen MR) is 78.5 cm³/mol. The fourth-order valence-corrected chi connectivity index (χ4v) is 2.80. The molecule has 1 N–H and O–H groups in total. The highest BCUT2D eigenvalue weighted by Crippen LogP contribution is 2.21. The number of hydrogen-bond acceptors (Lipinski definition) is 5. The van der Waals surface area contributed by atoms with Crippen molar-refractivity contribution in [3.8, 4) is 0 Å². The number of nitrogens with one attached hydrogen (secondary N) is 1. The molecule has 0 amide bonds. The minimum atomic E-state index is -3.25. The molecular formula is C14H21NO4S. The SMILES string of the molecule is CCOC(=O)CCCNc1ccccc1S(=O)(=O)CC. The van der Waals surface area contributed by atoms with E-state index >= 15 is 0 Å². The largest absolute Gasteiger partial charge is 0.466 e. The molecule has 0 aliphatic heterocycles. The molecule has 1 aromatic rings. The molecule has 0 aliphatic rings. The van der Waals surface area contributed by atoms with Crippen molar-refractivity contribution in [3.63, 3.8) is 0 Å². The Morgan fingerprint density at radius 1 is 1.25 bits per heavy atom. The Morgan fingerprint density at radius 3 is 2.60 bits per heavy atom. The Balaban J connectivity index is 2.59. The van der Waals surface area contributed by atoms with E-state index in [1.807, 2.05) is 0 Å². The Morgan fingerprint density at radius 2 is 1.95 bits per heavy atom. The van der Waals surface area contributed by atoms with Crippen LogP contribution < -0.4 is 5.32 Å². The fraction of sp³-hybridized carbons (Fsp3) is 0.500. The third-order valence-corrected chi connectivity index (χ3v) is 4.57. The van der Waals surface area contributed by atoms with Gasteiger partial charge in [-0.2, -0.15) is 0 Å². The Kier molecular flexibility index (Phi) is 6.51. The third kappa shape index (κ3) is 4.85. The molecule has 0 spiro atoms. The van der Waals surface area contributed by atoms with Crippen molar-refractivity contribution in [1.82, 2.24) is 0 Å². The van der Waals surface area contributed by atoms with E-state index < -0.39 is 9.84 Å². The highest BCUT2D eigenvalue weighted by atomic mass is 32.2. The van der Waals surface area contributed by atoms with Crippen molar-refractivity contribution in [3.05, 3.63) is 24.3 Å². The van der Waals surface area contributed by atoms with Crippen LogP contribution in [0.25, 0.3) is 0 Å². The van der Waals surface area contributed by atoms with Crippen LogP contribution in [0.15, 0.2) is 29.2 Å². The summed E-state index contributed by atoms with van der Waals surface area (Å²) in [5.41, 5.74) is 0.582. The summed E-state index contributed by atoms with van der Waals surface area (Å²) in [6, 6.07) is 6.80. The molecule has 0 radical (unpaired) electrons. The van der Waals surface area contributed by atoms with E-state index in [2.05, 4.69) is 5.32 Å². The standard InChI is InChI=1S/C14H21NO4S/c1-3-19-14(16)10-7-11-15-12-8-5-6-9-13(12)20(17,18)4-2/h5-6,8-9,15H,3-4,7,10-11H2,1-2H3. The average molecular weight is 299 g/mol. The molecule has 0 saturated carbocycles. The first kappa shape index (κ1) is 16.5. The first-order chi connectivity index (χ1) is 9.51. The molecule has 0 saturated heterocycles. The van der Waals surface area contributed by atoms with Crippen LogP contribution in [0.5, 0.6) is 0 Å². The van der Waals surface area contributed by atoms with Crippen LogP contribution in [0.1, 0.15) is 26.7 Å². The lowest BCUT2D eigenvalue weighted by atomic mass is 10.3. The molecule has 5 nitrogen and oxygen atoms in total.